The molecular weight excluding hydrogens is 217 g/mol. The van der Waals surface area contributed by atoms with Crippen molar-refractivity contribution in [2.45, 2.75) is 18.6 Å². The Balaban J connectivity index is 2.36. The van der Waals surface area contributed by atoms with Crippen LogP contribution in [0, 0.1) is 5.82 Å². The van der Waals surface area contributed by atoms with Gasteiger partial charge in [-0.3, -0.25) is 4.90 Å². The summed E-state index contributed by atoms with van der Waals surface area (Å²) in [5.74, 6) is -0.348. The fourth-order valence-corrected chi connectivity index (χ4v) is 2.39. The monoisotopic (exact) mass is 229 g/mol. The van der Waals surface area contributed by atoms with Gasteiger partial charge in [0.15, 0.2) is 0 Å². The molecule has 15 heavy (non-hydrogen) atoms. The van der Waals surface area contributed by atoms with Gasteiger partial charge in [0.05, 0.1) is 12.1 Å². The Hall–Kier alpha value is -0.640. The summed E-state index contributed by atoms with van der Waals surface area (Å²) in [4.78, 5) is 2.03. The molecule has 2 atom stereocenters. The fourth-order valence-electron chi connectivity index (χ4n) is 2.11. The molecule has 0 aliphatic carbocycles. The minimum Gasteiger partial charge on any atom is -0.391 e. The summed E-state index contributed by atoms with van der Waals surface area (Å²) in [7, 11) is 1.93. The number of aliphatic hydroxyl groups excluding tert-OH is 1. The van der Waals surface area contributed by atoms with Gasteiger partial charge in [0, 0.05) is 11.6 Å². The summed E-state index contributed by atoms with van der Waals surface area (Å²) in [5.41, 5.74) is 0.797. The van der Waals surface area contributed by atoms with E-state index in [1.807, 2.05) is 11.9 Å². The number of benzene rings is 1. The highest BCUT2D eigenvalue weighted by atomic mass is 35.5. The molecule has 1 heterocycles. The van der Waals surface area contributed by atoms with E-state index in [1.165, 1.54) is 12.1 Å². The van der Waals surface area contributed by atoms with Crippen LogP contribution in [0.2, 0.25) is 5.02 Å². The SMILES string of the molecule is CN1CCC(O)C1c1ccc(F)cc1Cl. The van der Waals surface area contributed by atoms with Crippen LogP contribution in [0.3, 0.4) is 0 Å². The predicted octanol–water partition coefficient (Wildman–Crippen LogP) is 2.22. The standard InChI is InChI=1S/C11H13ClFNO/c1-14-5-4-10(15)11(14)8-3-2-7(13)6-9(8)12/h2-3,6,10-11,15H,4-5H2,1H3. The molecule has 1 fully saturated rings. The van der Waals surface area contributed by atoms with E-state index in [0.717, 1.165) is 18.5 Å². The summed E-state index contributed by atoms with van der Waals surface area (Å²) in [6, 6.07) is 4.20. The highest BCUT2D eigenvalue weighted by molar-refractivity contribution is 6.31. The minimum atomic E-state index is -0.419. The van der Waals surface area contributed by atoms with E-state index in [0.29, 0.717) is 5.02 Å². The smallest absolute Gasteiger partial charge is 0.124 e. The molecule has 1 aliphatic rings. The van der Waals surface area contributed by atoms with E-state index in [2.05, 4.69) is 0 Å². The minimum absolute atomic E-state index is 0.113. The molecule has 0 radical (unpaired) electrons. The van der Waals surface area contributed by atoms with Crippen molar-refractivity contribution in [1.29, 1.82) is 0 Å². The van der Waals surface area contributed by atoms with Gasteiger partial charge in [-0.25, -0.2) is 4.39 Å². The van der Waals surface area contributed by atoms with Crippen LogP contribution in [0.25, 0.3) is 0 Å². The lowest BCUT2D eigenvalue weighted by molar-refractivity contribution is 0.127. The van der Waals surface area contributed by atoms with Crippen LogP contribution in [0.15, 0.2) is 18.2 Å². The summed E-state index contributed by atoms with van der Waals surface area (Å²) in [6.07, 6.45) is 0.312. The molecule has 2 unspecified atom stereocenters. The van der Waals surface area contributed by atoms with Crippen LogP contribution in [-0.2, 0) is 0 Å². The van der Waals surface area contributed by atoms with Gasteiger partial charge in [-0.05, 0) is 31.2 Å². The molecule has 0 bridgehead atoms. The third-order valence-corrected chi connectivity index (χ3v) is 3.23. The number of aliphatic hydroxyl groups is 1. The van der Waals surface area contributed by atoms with E-state index in [-0.39, 0.29) is 11.9 Å². The number of hydrogen-bond donors (Lipinski definition) is 1. The number of hydrogen-bond acceptors (Lipinski definition) is 2. The number of likely N-dealkylation sites (N-methyl/N-ethyl adjacent to an activating group) is 1. The quantitative estimate of drug-likeness (QED) is 0.798. The van der Waals surface area contributed by atoms with Crippen molar-refractivity contribution in [1.82, 2.24) is 4.90 Å². The molecule has 1 aromatic carbocycles. The van der Waals surface area contributed by atoms with Crippen molar-refractivity contribution in [3.05, 3.63) is 34.6 Å². The first-order chi connectivity index (χ1) is 7.09. The maximum absolute atomic E-state index is 12.9. The van der Waals surface area contributed by atoms with E-state index in [1.54, 1.807) is 6.07 Å². The number of likely N-dealkylation sites (tertiary alicyclic amines) is 1. The molecule has 2 nitrogen and oxygen atoms in total. The molecule has 4 heteroatoms. The summed E-state index contributed by atoms with van der Waals surface area (Å²) < 4.78 is 12.9. The topological polar surface area (TPSA) is 23.5 Å². The number of nitrogens with zero attached hydrogens (tertiary/aromatic N) is 1. The Bertz CT molecular complexity index is 362. The fraction of sp³-hybridized carbons (Fsp3) is 0.455. The third-order valence-electron chi connectivity index (χ3n) is 2.90. The first kappa shape index (κ1) is 10.9. The molecule has 2 rings (SSSR count). The van der Waals surface area contributed by atoms with Gasteiger partial charge >= 0.3 is 0 Å². The first-order valence-electron chi connectivity index (χ1n) is 4.93. The second-order valence-corrected chi connectivity index (χ2v) is 4.35. The van der Waals surface area contributed by atoms with Crippen LogP contribution in [0.5, 0.6) is 0 Å². The molecule has 0 spiro atoms. The van der Waals surface area contributed by atoms with Gasteiger partial charge in [-0.1, -0.05) is 17.7 Å². The van der Waals surface area contributed by atoms with Crippen LogP contribution in [0.1, 0.15) is 18.0 Å². The molecule has 1 aromatic rings. The molecule has 1 saturated heterocycles. The van der Waals surface area contributed by atoms with Gasteiger partial charge in [-0.2, -0.15) is 0 Å². The molecule has 1 aliphatic heterocycles. The van der Waals surface area contributed by atoms with Crippen LogP contribution < -0.4 is 0 Å². The lowest BCUT2D eigenvalue weighted by Crippen LogP contribution is -2.23. The second-order valence-electron chi connectivity index (χ2n) is 3.95. The zero-order valence-corrected chi connectivity index (χ0v) is 9.21. The van der Waals surface area contributed by atoms with E-state index in [4.69, 9.17) is 11.6 Å². The summed E-state index contributed by atoms with van der Waals surface area (Å²) in [6.45, 7) is 0.833. The zero-order valence-electron chi connectivity index (χ0n) is 8.45. The largest absolute Gasteiger partial charge is 0.391 e. The maximum atomic E-state index is 12.9. The molecule has 82 valence electrons. The van der Waals surface area contributed by atoms with E-state index >= 15 is 0 Å². The average molecular weight is 230 g/mol. The molecule has 1 N–H and O–H groups in total. The van der Waals surface area contributed by atoms with Gasteiger partial charge in [0.2, 0.25) is 0 Å². The van der Waals surface area contributed by atoms with Crippen molar-refractivity contribution in [3.8, 4) is 0 Å². The van der Waals surface area contributed by atoms with Crippen molar-refractivity contribution < 1.29 is 9.50 Å². The highest BCUT2D eigenvalue weighted by Crippen LogP contribution is 2.35. The Morgan fingerprint density at radius 1 is 1.53 bits per heavy atom. The molecule has 0 amide bonds. The van der Waals surface area contributed by atoms with Gasteiger partial charge < -0.3 is 5.11 Å². The Morgan fingerprint density at radius 2 is 2.27 bits per heavy atom. The third kappa shape index (κ3) is 2.00. The van der Waals surface area contributed by atoms with Crippen LogP contribution >= 0.6 is 11.6 Å². The van der Waals surface area contributed by atoms with E-state index < -0.39 is 6.10 Å². The maximum Gasteiger partial charge on any atom is 0.124 e. The van der Waals surface area contributed by atoms with Crippen molar-refractivity contribution in [3.63, 3.8) is 0 Å². The van der Waals surface area contributed by atoms with Crippen LogP contribution in [0.4, 0.5) is 4.39 Å². The predicted molar refractivity (Wildman–Crippen MR) is 57.4 cm³/mol. The zero-order chi connectivity index (χ0) is 11.0. The van der Waals surface area contributed by atoms with Crippen LogP contribution in [-0.4, -0.2) is 29.7 Å². The van der Waals surface area contributed by atoms with Crippen molar-refractivity contribution in [2.75, 3.05) is 13.6 Å². The highest BCUT2D eigenvalue weighted by Gasteiger charge is 2.32. The Labute approximate surface area is 93.3 Å². The Morgan fingerprint density at radius 3 is 2.80 bits per heavy atom. The summed E-state index contributed by atoms with van der Waals surface area (Å²) >= 11 is 5.96. The second kappa shape index (κ2) is 4.08. The lowest BCUT2D eigenvalue weighted by atomic mass is 10.0. The lowest BCUT2D eigenvalue weighted by Gasteiger charge is -2.23. The normalized spacial score (nSPS) is 27.2. The Kier molecular flexibility index (Phi) is 2.96. The van der Waals surface area contributed by atoms with Gasteiger partial charge in [0.25, 0.3) is 0 Å². The van der Waals surface area contributed by atoms with Gasteiger partial charge in [-0.15, -0.1) is 0 Å². The summed E-state index contributed by atoms with van der Waals surface area (Å²) in [5, 5.41) is 10.2. The van der Waals surface area contributed by atoms with Gasteiger partial charge in [0.1, 0.15) is 5.82 Å². The first-order valence-corrected chi connectivity index (χ1v) is 5.30. The average Bonchev–Trinajstić information content (AvgIpc) is 2.48. The van der Waals surface area contributed by atoms with Crippen molar-refractivity contribution >= 4 is 11.6 Å². The molecule has 0 aromatic heterocycles. The van der Waals surface area contributed by atoms with E-state index in [9.17, 15) is 9.50 Å². The van der Waals surface area contributed by atoms with Crippen molar-refractivity contribution in [2.24, 2.45) is 0 Å². The molecule has 0 saturated carbocycles. The number of rotatable bonds is 1. The molecular formula is C11H13ClFNO. The number of halogens is 2.